The number of ether oxygens (including phenoxy) is 1. The maximum absolute atomic E-state index is 13.1. The molecular weight excluding hydrogens is 452 g/mol. The molecule has 1 saturated heterocycles. The normalized spacial score (nSPS) is 25.1. The van der Waals surface area contributed by atoms with E-state index in [1.54, 1.807) is 0 Å². The highest BCUT2D eigenvalue weighted by Gasteiger charge is 2.60. The van der Waals surface area contributed by atoms with Crippen LogP contribution in [0.4, 0.5) is 0 Å². The molecule has 0 aliphatic carbocycles. The van der Waals surface area contributed by atoms with Crippen molar-refractivity contribution in [2.45, 2.75) is 121 Å². The van der Waals surface area contributed by atoms with Crippen molar-refractivity contribution in [3.8, 4) is 0 Å². The Balaban J connectivity index is 1.89. The Labute approximate surface area is 207 Å². The van der Waals surface area contributed by atoms with Gasteiger partial charge in [0.25, 0.3) is 5.56 Å². The number of hydrogen-bond acceptors (Lipinski definition) is 7. The number of ketones is 1. The van der Waals surface area contributed by atoms with Crippen molar-refractivity contribution in [1.29, 1.82) is 0 Å². The number of aromatic amines is 1. The van der Waals surface area contributed by atoms with Gasteiger partial charge in [0.05, 0.1) is 12.5 Å². The van der Waals surface area contributed by atoms with Gasteiger partial charge < -0.3 is 20.1 Å². The average molecular weight is 497 g/mol. The highest BCUT2D eigenvalue weighted by molar-refractivity contribution is 5.81. The van der Waals surface area contributed by atoms with Crippen LogP contribution in [0.15, 0.2) is 21.9 Å². The molecule has 4 N–H and O–H groups in total. The smallest absolute Gasteiger partial charge is 0.330 e. The zero-order valence-electron chi connectivity index (χ0n) is 21.3. The lowest BCUT2D eigenvalue weighted by atomic mass is 9.85. The zero-order chi connectivity index (χ0) is 25.8. The second kappa shape index (κ2) is 14.7. The molecule has 0 saturated carbocycles. The number of unbranched alkanes of at least 4 members (excludes halogenated alkanes) is 11. The van der Waals surface area contributed by atoms with Crippen LogP contribution in [-0.4, -0.2) is 55.6 Å². The van der Waals surface area contributed by atoms with Crippen molar-refractivity contribution in [3.05, 3.63) is 33.1 Å². The van der Waals surface area contributed by atoms with Gasteiger partial charge in [-0.2, -0.15) is 0 Å². The number of H-pyrrole nitrogens is 1. The number of nitrogens with one attached hydrogen (secondary N) is 1. The van der Waals surface area contributed by atoms with E-state index >= 15 is 0 Å². The molecule has 200 valence electrons. The largest absolute Gasteiger partial charge is 0.394 e. The SMILES string of the molecule is CCCCCCCCCCCCCCC(=O)C(C)[C@@]1(n2ccc(=O)[nH]c2=O)O[C@H](CO)[C@@H](O)[C@H]1O. The van der Waals surface area contributed by atoms with Gasteiger partial charge in [-0.15, -0.1) is 0 Å². The van der Waals surface area contributed by atoms with Crippen LogP contribution < -0.4 is 11.2 Å². The zero-order valence-corrected chi connectivity index (χ0v) is 21.3. The molecule has 2 heterocycles. The quantitative estimate of drug-likeness (QED) is 0.243. The van der Waals surface area contributed by atoms with Crippen molar-refractivity contribution in [1.82, 2.24) is 9.55 Å². The Hall–Kier alpha value is -1.81. The average Bonchev–Trinajstić information content (AvgIpc) is 3.10. The predicted octanol–water partition coefficient (Wildman–Crippen LogP) is 2.60. The lowest BCUT2D eigenvalue weighted by molar-refractivity contribution is -0.186. The van der Waals surface area contributed by atoms with E-state index in [2.05, 4.69) is 11.9 Å². The third kappa shape index (κ3) is 7.59. The van der Waals surface area contributed by atoms with Crippen molar-refractivity contribution < 1.29 is 24.9 Å². The van der Waals surface area contributed by atoms with Crippen LogP contribution in [0.25, 0.3) is 0 Å². The molecule has 9 heteroatoms. The Kier molecular flexibility index (Phi) is 12.3. The van der Waals surface area contributed by atoms with Crippen LogP contribution in [0.3, 0.4) is 0 Å². The Morgan fingerprint density at radius 1 is 1.03 bits per heavy atom. The lowest BCUT2D eigenvalue weighted by Crippen LogP contribution is -2.57. The number of Topliss-reactive ketones (excluding diaryl/α,β-unsaturated/α-hetero) is 1. The summed E-state index contributed by atoms with van der Waals surface area (Å²) in [7, 11) is 0. The molecular formula is C26H44N2O7. The van der Waals surface area contributed by atoms with Gasteiger partial charge >= 0.3 is 5.69 Å². The van der Waals surface area contributed by atoms with Crippen molar-refractivity contribution >= 4 is 5.78 Å². The lowest BCUT2D eigenvalue weighted by Gasteiger charge is -2.38. The summed E-state index contributed by atoms with van der Waals surface area (Å²) in [5, 5.41) is 30.8. The summed E-state index contributed by atoms with van der Waals surface area (Å²) in [4.78, 5) is 39.3. The molecule has 0 bridgehead atoms. The molecule has 0 amide bonds. The van der Waals surface area contributed by atoms with Gasteiger partial charge in [0, 0.05) is 18.7 Å². The van der Waals surface area contributed by atoms with Crippen LogP contribution in [0.1, 0.15) is 97.3 Å². The molecule has 5 atom stereocenters. The van der Waals surface area contributed by atoms with E-state index in [1.165, 1.54) is 58.3 Å². The third-order valence-electron chi connectivity index (χ3n) is 7.23. The minimum Gasteiger partial charge on any atom is -0.394 e. The Morgan fingerprint density at radius 3 is 2.06 bits per heavy atom. The molecule has 1 aromatic rings. The van der Waals surface area contributed by atoms with Crippen molar-refractivity contribution in [2.75, 3.05) is 6.61 Å². The van der Waals surface area contributed by atoms with E-state index in [4.69, 9.17) is 4.74 Å². The standard InChI is InChI=1S/C26H44N2O7/c1-3-4-5-6-7-8-9-10-11-12-13-14-15-20(30)19(2)26(24(33)23(32)21(18-29)35-26)28-17-16-22(31)27-25(28)34/h16-17,19,21,23-24,29,32-33H,3-15,18H2,1-2H3,(H,27,31,34)/t19?,21-,23-,24-,26-/m1/s1. The molecule has 0 aromatic carbocycles. The van der Waals surface area contributed by atoms with Crippen LogP contribution in [0, 0.1) is 5.92 Å². The van der Waals surface area contributed by atoms with Crippen LogP contribution in [0.2, 0.25) is 0 Å². The molecule has 1 aromatic heterocycles. The highest BCUT2D eigenvalue weighted by Crippen LogP contribution is 2.41. The predicted molar refractivity (Wildman–Crippen MR) is 133 cm³/mol. The van der Waals surface area contributed by atoms with Gasteiger partial charge in [0.15, 0.2) is 5.72 Å². The topological polar surface area (TPSA) is 142 Å². The fourth-order valence-electron chi connectivity index (χ4n) is 5.02. The van der Waals surface area contributed by atoms with Gasteiger partial charge in [-0.3, -0.25) is 19.1 Å². The number of rotatable bonds is 17. The maximum Gasteiger partial charge on any atom is 0.330 e. The number of aliphatic hydroxyl groups is 3. The van der Waals surface area contributed by atoms with Crippen LogP contribution in [0.5, 0.6) is 0 Å². The summed E-state index contributed by atoms with van der Waals surface area (Å²) >= 11 is 0. The van der Waals surface area contributed by atoms with E-state index < -0.39 is 47.8 Å². The van der Waals surface area contributed by atoms with E-state index in [0.29, 0.717) is 6.42 Å². The first-order valence-corrected chi connectivity index (χ1v) is 13.3. The minimum atomic E-state index is -1.93. The molecule has 9 nitrogen and oxygen atoms in total. The highest BCUT2D eigenvalue weighted by atomic mass is 16.6. The first-order valence-electron chi connectivity index (χ1n) is 13.3. The van der Waals surface area contributed by atoms with E-state index in [1.807, 2.05) is 0 Å². The second-order valence-corrected chi connectivity index (χ2v) is 9.83. The molecule has 1 aliphatic heterocycles. The number of nitrogens with zero attached hydrogens (tertiary/aromatic N) is 1. The van der Waals surface area contributed by atoms with Gasteiger partial charge in [-0.1, -0.05) is 84.5 Å². The summed E-state index contributed by atoms with van der Waals surface area (Å²) in [6, 6.07) is 1.08. The number of hydrogen-bond donors (Lipinski definition) is 4. The minimum absolute atomic E-state index is 0.222. The van der Waals surface area contributed by atoms with E-state index in [9.17, 15) is 29.7 Å². The van der Waals surface area contributed by atoms with Gasteiger partial charge in [-0.25, -0.2) is 4.79 Å². The van der Waals surface area contributed by atoms with Gasteiger partial charge in [0.1, 0.15) is 24.1 Å². The summed E-state index contributed by atoms with van der Waals surface area (Å²) in [5.74, 6) is -1.22. The molecule has 1 unspecified atom stereocenters. The van der Waals surface area contributed by atoms with Crippen LogP contribution in [-0.2, 0) is 15.3 Å². The molecule has 1 fully saturated rings. The molecule has 2 rings (SSSR count). The number of aromatic nitrogens is 2. The van der Waals surface area contributed by atoms with Crippen LogP contribution >= 0.6 is 0 Å². The molecule has 1 aliphatic rings. The Bertz CT molecular complexity index is 883. The van der Waals surface area contributed by atoms with Crippen molar-refractivity contribution in [3.63, 3.8) is 0 Å². The first-order chi connectivity index (χ1) is 16.8. The van der Waals surface area contributed by atoms with Gasteiger partial charge in [-0.05, 0) is 6.42 Å². The first kappa shape index (κ1) is 29.4. The Morgan fingerprint density at radius 2 is 1.57 bits per heavy atom. The summed E-state index contributed by atoms with van der Waals surface area (Å²) in [6.45, 7) is 3.16. The second-order valence-electron chi connectivity index (χ2n) is 9.83. The van der Waals surface area contributed by atoms with Gasteiger partial charge in [0.2, 0.25) is 0 Å². The number of aliphatic hydroxyl groups excluding tert-OH is 3. The summed E-state index contributed by atoms with van der Waals surface area (Å²) in [5.41, 5.74) is -3.43. The molecule has 35 heavy (non-hydrogen) atoms. The summed E-state index contributed by atoms with van der Waals surface area (Å²) in [6.07, 6.45) is 11.2. The fraction of sp³-hybridized carbons (Fsp3) is 0.808. The monoisotopic (exact) mass is 496 g/mol. The number of carbonyl (C=O) groups excluding carboxylic acids is 1. The fourth-order valence-corrected chi connectivity index (χ4v) is 5.02. The van der Waals surface area contributed by atoms with E-state index in [-0.39, 0.29) is 12.2 Å². The molecule has 0 radical (unpaired) electrons. The third-order valence-corrected chi connectivity index (χ3v) is 7.23. The van der Waals surface area contributed by atoms with Crippen molar-refractivity contribution in [2.24, 2.45) is 5.92 Å². The molecule has 0 spiro atoms. The number of carbonyl (C=O) groups is 1. The maximum atomic E-state index is 13.1. The summed E-state index contributed by atoms with van der Waals surface area (Å²) < 4.78 is 6.74. The van der Waals surface area contributed by atoms with E-state index in [0.717, 1.165) is 36.1 Å².